The summed E-state index contributed by atoms with van der Waals surface area (Å²) >= 11 is 1.17. The minimum atomic E-state index is -3.61. The van der Waals surface area contributed by atoms with Crippen LogP contribution in [0.4, 0.5) is 0 Å². The maximum atomic E-state index is 12.9. The number of hydrogen-bond acceptors (Lipinski definition) is 7. The second-order valence-corrected chi connectivity index (χ2v) is 10.7. The van der Waals surface area contributed by atoms with Gasteiger partial charge in [0.05, 0.1) is 29.9 Å². The summed E-state index contributed by atoms with van der Waals surface area (Å²) in [6.45, 7) is 5.48. The Balaban J connectivity index is 1.38. The van der Waals surface area contributed by atoms with Crippen molar-refractivity contribution in [2.75, 3.05) is 32.1 Å². The van der Waals surface area contributed by atoms with Gasteiger partial charge < -0.3 is 14.5 Å². The Morgan fingerprint density at radius 3 is 2.61 bits per heavy atom. The molecule has 0 bridgehead atoms. The SMILES string of the molecule is CCc1ccc([C@@H](C)NC(=O)CSc2nc3cc(S(=O)(=O)N4CCOCC4)ccc3o2)cc1. The van der Waals surface area contributed by atoms with E-state index in [1.54, 1.807) is 6.07 Å². The molecule has 0 spiro atoms. The van der Waals surface area contributed by atoms with E-state index in [0.717, 1.165) is 12.0 Å². The normalized spacial score (nSPS) is 16.1. The molecule has 2 heterocycles. The summed E-state index contributed by atoms with van der Waals surface area (Å²) in [5.74, 6) is 0.00766. The lowest BCUT2D eigenvalue weighted by Crippen LogP contribution is -2.40. The fourth-order valence-corrected chi connectivity index (χ4v) is 5.66. The van der Waals surface area contributed by atoms with Crippen molar-refractivity contribution in [2.24, 2.45) is 0 Å². The maximum Gasteiger partial charge on any atom is 0.257 e. The molecular formula is C23H27N3O5S2. The van der Waals surface area contributed by atoms with Crippen LogP contribution in [-0.4, -0.2) is 55.7 Å². The Kier molecular flexibility index (Phi) is 7.38. The number of nitrogens with one attached hydrogen (secondary N) is 1. The molecule has 2 aromatic carbocycles. The van der Waals surface area contributed by atoms with Gasteiger partial charge in [0, 0.05) is 13.1 Å². The van der Waals surface area contributed by atoms with Crippen LogP contribution in [0.15, 0.2) is 57.0 Å². The first-order valence-electron chi connectivity index (χ1n) is 10.9. The lowest BCUT2D eigenvalue weighted by atomic mass is 10.1. The number of benzene rings is 2. The average Bonchev–Trinajstić information content (AvgIpc) is 3.25. The van der Waals surface area contributed by atoms with E-state index in [4.69, 9.17) is 9.15 Å². The van der Waals surface area contributed by atoms with Crippen LogP contribution in [-0.2, 0) is 26.0 Å². The van der Waals surface area contributed by atoms with E-state index in [-0.39, 0.29) is 22.6 Å². The molecule has 0 radical (unpaired) electrons. The third-order valence-corrected chi connectivity index (χ3v) is 8.26. The van der Waals surface area contributed by atoms with Gasteiger partial charge in [-0.15, -0.1) is 0 Å². The quantitative estimate of drug-likeness (QED) is 0.484. The predicted molar refractivity (Wildman–Crippen MR) is 127 cm³/mol. The minimum Gasteiger partial charge on any atom is -0.431 e. The molecule has 176 valence electrons. The summed E-state index contributed by atoms with van der Waals surface area (Å²) in [5.41, 5.74) is 3.21. The van der Waals surface area contributed by atoms with Crippen molar-refractivity contribution in [3.05, 3.63) is 53.6 Å². The summed E-state index contributed by atoms with van der Waals surface area (Å²) in [6.07, 6.45) is 0.975. The van der Waals surface area contributed by atoms with Crippen LogP contribution < -0.4 is 5.32 Å². The van der Waals surface area contributed by atoms with Gasteiger partial charge >= 0.3 is 0 Å². The molecule has 1 atom stereocenters. The lowest BCUT2D eigenvalue weighted by Gasteiger charge is -2.25. The number of hydrogen-bond donors (Lipinski definition) is 1. The second-order valence-electron chi connectivity index (χ2n) is 7.80. The van der Waals surface area contributed by atoms with E-state index in [1.165, 1.54) is 33.8 Å². The fourth-order valence-electron chi connectivity index (χ4n) is 3.58. The monoisotopic (exact) mass is 489 g/mol. The number of oxazole rings is 1. The molecule has 1 amide bonds. The van der Waals surface area contributed by atoms with E-state index >= 15 is 0 Å². The fraction of sp³-hybridized carbons (Fsp3) is 0.391. The maximum absolute atomic E-state index is 12.9. The van der Waals surface area contributed by atoms with Gasteiger partial charge in [0.2, 0.25) is 15.9 Å². The summed E-state index contributed by atoms with van der Waals surface area (Å²) in [7, 11) is -3.61. The Bertz CT molecular complexity index is 1220. The highest BCUT2D eigenvalue weighted by Crippen LogP contribution is 2.27. The molecule has 1 saturated heterocycles. The molecule has 1 fully saturated rings. The number of morpholine rings is 1. The van der Waals surface area contributed by atoms with Crippen molar-refractivity contribution in [1.82, 2.24) is 14.6 Å². The number of sulfonamides is 1. The number of carbonyl (C=O) groups is 1. The number of carbonyl (C=O) groups excluding carboxylic acids is 1. The minimum absolute atomic E-state index is 0.111. The van der Waals surface area contributed by atoms with Crippen molar-refractivity contribution in [3.63, 3.8) is 0 Å². The first-order chi connectivity index (χ1) is 15.9. The highest BCUT2D eigenvalue weighted by atomic mass is 32.2. The first-order valence-corrected chi connectivity index (χ1v) is 13.3. The Labute approximate surface area is 197 Å². The van der Waals surface area contributed by atoms with Crippen molar-refractivity contribution < 1.29 is 22.4 Å². The molecule has 1 N–H and O–H groups in total. The van der Waals surface area contributed by atoms with E-state index in [9.17, 15) is 13.2 Å². The number of amides is 1. The van der Waals surface area contributed by atoms with Crippen molar-refractivity contribution in [2.45, 2.75) is 36.4 Å². The van der Waals surface area contributed by atoms with Crippen LogP contribution in [0, 0.1) is 0 Å². The Morgan fingerprint density at radius 2 is 1.91 bits per heavy atom. The van der Waals surface area contributed by atoms with Crippen LogP contribution in [0.5, 0.6) is 0 Å². The molecule has 1 aliphatic heterocycles. The summed E-state index contributed by atoms with van der Waals surface area (Å²) in [4.78, 5) is 16.9. The van der Waals surface area contributed by atoms with Crippen LogP contribution >= 0.6 is 11.8 Å². The van der Waals surface area contributed by atoms with Crippen molar-refractivity contribution in [1.29, 1.82) is 0 Å². The zero-order valence-corrected chi connectivity index (χ0v) is 20.2. The number of aromatic nitrogens is 1. The van der Waals surface area contributed by atoms with Gasteiger partial charge in [0.25, 0.3) is 5.22 Å². The molecule has 0 saturated carbocycles. The second kappa shape index (κ2) is 10.3. The summed E-state index contributed by atoms with van der Waals surface area (Å²) in [5, 5.41) is 3.30. The Hall–Kier alpha value is -2.40. The molecule has 4 rings (SSSR count). The van der Waals surface area contributed by atoms with E-state index in [0.29, 0.717) is 42.6 Å². The van der Waals surface area contributed by atoms with Gasteiger partial charge in [-0.1, -0.05) is 43.0 Å². The number of nitrogens with zero attached hydrogens (tertiary/aromatic N) is 2. The molecule has 8 nitrogen and oxygen atoms in total. The van der Waals surface area contributed by atoms with E-state index in [2.05, 4.69) is 29.4 Å². The largest absolute Gasteiger partial charge is 0.431 e. The summed E-state index contributed by atoms with van der Waals surface area (Å²) in [6, 6.07) is 12.7. The number of fused-ring (bicyclic) bond motifs is 1. The van der Waals surface area contributed by atoms with Gasteiger partial charge in [-0.05, 0) is 42.7 Å². The van der Waals surface area contributed by atoms with Crippen LogP contribution in [0.3, 0.4) is 0 Å². The third-order valence-electron chi connectivity index (χ3n) is 5.54. The number of aryl methyl sites for hydroxylation is 1. The number of rotatable bonds is 8. The highest BCUT2D eigenvalue weighted by Gasteiger charge is 2.27. The smallest absolute Gasteiger partial charge is 0.257 e. The van der Waals surface area contributed by atoms with Gasteiger partial charge in [-0.2, -0.15) is 4.31 Å². The Morgan fingerprint density at radius 1 is 1.18 bits per heavy atom. The zero-order chi connectivity index (χ0) is 23.4. The van der Waals surface area contributed by atoms with Crippen LogP contribution in [0.2, 0.25) is 0 Å². The molecule has 1 aromatic heterocycles. The summed E-state index contributed by atoms with van der Waals surface area (Å²) < 4.78 is 38.1. The average molecular weight is 490 g/mol. The zero-order valence-electron chi connectivity index (χ0n) is 18.6. The van der Waals surface area contributed by atoms with Crippen LogP contribution in [0.1, 0.15) is 31.0 Å². The molecule has 1 aliphatic rings. The first kappa shape index (κ1) is 23.7. The number of thioether (sulfide) groups is 1. The third kappa shape index (κ3) is 5.57. The van der Waals surface area contributed by atoms with Crippen molar-refractivity contribution >= 4 is 38.8 Å². The number of ether oxygens (including phenoxy) is 1. The molecule has 10 heteroatoms. The topological polar surface area (TPSA) is 102 Å². The van der Waals surface area contributed by atoms with Gasteiger partial charge in [-0.25, -0.2) is 13.4 Å². The lowest BCUT2D eigenvalue weighted by molar-refractivity contribution is -0.119. The standard InChI is InChI=1S/C23H27N3O5S2/c1-3-17-4-6-18(7-5-17)16(2)24-22(27)15-32-23-25-20-14-19(8-9-21(20)31-23)33(28,29)26-10-12-30-13-11-26/h4-9,14,16H,3,10-13,15H2,1-2H3,(H,24,27)/t16-/m1/s1. The molecule has 0 unspecified atom stereocenters. The van der Waals surface area contributed by atoms with Crippen molar-refractivity contribution in [3.8, 4) is 0 Å². The molecular weight excluding hydrogens is 462 g/mol. The van der Waals surface area contributed by atoms with Gasteiger partial charge in [0.15, 0.2) is 5.58 Å². The van der Waals surface area contributed by atoms with E-state index < -0.39 is 10.0 Å². The highest BCUT2D eigenvalue weighted by molar-refractivity contribution is 7.99. The van der Waals surface area contributed by atoms with Gasteiger partial charge in [-0.3, -0.25) is 4.79 Å². The molecule has 0 aliphatic carbocycles. The van der Waals surface area contributed by atoms with E-state index in [1.807, 2.05) is 19.1 Å². The van der Waals surface area contributed by atoms with Crippen LogP contribution in [0.25, 0.3) is 11.1 Å². The predicted octanol–water partition coefficient (Wildman–Crippen LogP) is 3.38. The van der Waals surface area contributed by atoms with Gasteiger partial charge in [0.1, 0.15) is 5.52 Å². The molecule has 3 aromatic rings. The molecule has 33 heavy (non-hydrogen) atoms.